The number of carbonyl (C=O) groups is 1. The second kappa shape index (κ2) is 4.90. The van der Waals surface area contributed by atoms with Crippen LogP contribution in [0.2, 0.25) is 0 Å². The Morgan fingerprint density at radius 1 is 1.44 bits per heavy atom. The molecule has 0 spiro atoms. The molecule has 1 aromatic heterocycles. The van der Waals surface area contributed by atoms with Crippen molar-refractivity contribution in [1.82, 2.24) is 9.88 Å². The SMILES string of the molecule is O=C(O)C1=CCCN(Cc2ccncc2)C1. The summed E-state index contributed by atoms with van der Waals surface area (Å²) < 4.78 is 0. The van der Waals surface area contributed by atoms with Crippen molar-refractivity contribution in [2.45, 2.75) is 13.0 Å². The fourth-order valence-electron chi connectivity index (χ4n) is 1.84. The molecule has 0 saturated heterocycles. The summed E-state index contributed by atoms with van der Waals surface area (Å²) in [6, 6.07) is 3.91. The Labute approximate surface area is 94.2 Å². The third kappa shape index (κ3) is 2.67. The van der Waals surface area contributed by atoms with Crippen LogP contribution in [0.3, 0.4) is 0 Å². The number of hydrogen-bond acceptors (Lipinski definition) is 3. The van der Waals surface area contributed by atoms with E-state index in [2.05, 4.69) is 9.88 Å². The molecule has 0 saturated carbocycles. The van der Waals surface area contributed by atoms with Crippen molar-refractivity contribution >= 4 is 5.97 Å². The van der Waals surface area contributed by atoms with E-state index in [1.54, 1.807) is 12.4 Å². The van der Waals surface area contributed by atoms with Crippen LogP contribution in [-0.2, 0) is 11.3 Å². The predicted octanol–water partition coefficient (Wildman–Crippen LogP) is 1.30. The monoisotopic (exact) mass is 218 g/mol. The Hall–Kier alpha value is -1.68. The third-order valence-corrected chi connectivity index (χ3v) is 2.66. The lowest BCUT2D eigenvalue weighted by Gasteiger charge is -2.25. The average molecular weight is 218 g/mol. The molecule has 1 N–H and O–H groups in total. The molecule has 1 aromatic rings. The smallest absolute Gasteiger partial charge is 0.332 e. The van der Waals surface area contributed by atoms with Gasteiger partial charge < -0.3 is 5.11 Å². The van der Waals surface area contributed by atoms with Crippen LogP contribution in [0.5, 0.6) is 0 Å². The van der Waals surface area contributed by atoms with Gasteiger partial charge in [-0.2, -0.15) is 0 Å². The highest BCUT2D eigenvalue weighted by molar-refractivity contribution is 5.87. The lowest BCUT2D eigenvalue weighted by molar-refractivity contribution is -0.133. The van der Waals surface area contributed by atoms with Crippen molar-refractivity contribution in [3.05, 3.63) is 41.7 Å². The minimum atomic E-state index is -0.806. The van der Waals surface area contributed by atoms with Gasteiger partial charge in [-0.3, -0.25) is 9.88 Å². The fourth-order valence-corrected chi connectivity index (χ4v) is 1.84. The number of rotatable bonds is 3. The lowest BCUT2D eigenvalue weighted by atomic mass is 10.1. The van der Waals surface area contributed by atoms with Gasteiger partial charge in [0.1, 0.15) is 0 Å². The highest BCUT2D eigenvalue weighted by Crippen LogP contribution is 2.12. The number of carboxylic acids is 1. The standard InChI is InChI=1S/C12H14N2O2/c15-12(16)11-2-1-7-14(9-11)8-10-3-5-13-6-4-10/h2-6H,1,7-9H2,(H,15,16). The Kier molecular flexibility index (Phi) is 3.31. The molecule has 2 heterocycles. The molecule has 0 radical (unpaired) electrons. The van der Waals surface area contributed by atoms with Gasteiger partial charge in [-0.15, -0.1) is 0 Å². The summed E-state index contributed by atoms with van der Waals surface area (Å²) in [6.45, 7) is 2.23. The molecular weight excluding hydrogens is 204 g/mol. The summed E-state index contributed by atoms with van der Waals surface area (Å²) in [4.78, 5) is 16.9. The molecule has 16 heavy (non-hydrogen) atoms. The van der Waals surface area contributed by atoms with Gasteiger partial charge in [0.15, 0.2) is 0 Å². The van der Waals surface area contributed by atoms with Crippen molar-refractivity contribution in [3.63, 3.8) is 0 Å². The van der Waals surface area contributed by atoms with Crippen LogP contribution in [0.1, 0.15) is 12.0 Å². The van der Waals surface area contributed by atoms with E-state index in [0.29, 0.717) is 12.1 Å². The quantitative estimate of drug-likeness (QED) is 0.830. The van der Waals surface area contributed by atoms with Gasteiger partial charge in [0, 0.05) is 37.6 Å². The summed E-state index contributed by atoms with van der Waals surface area (Å²) in [6.07, 6.45) is 6.14. The molecule has 1 aliphatic rings. The van der Waals surface area contributed by atoms with Crippen LogP contribution in [0.4, 0.5) is 0 Å². The van der Waals surface area contributed by atoms with Gasteiger partial charge in [0.25, 0.3) is 0 Å². The molecular formula is C12H14N2O2. The Bertz CT molecular complexity index is 401. The third-order valence-electron chi connectivity index (χ3n) is 2.66. The molecule has 84 valence electrons. The van der Waals surface area contributed by atoms with Gasteiger partial charge >= 0.3 is 5.97 Å². The number of aromatic nitrogens is 1. The van der Waals surface area contributed by atoms with Crippen LogP contribution in [-0.4, -0.2) is 34.0 Å². The second-order valence-corrected chi connectivity index (χ2v) is 3.89. The predicted molar refractivity (Wildman–Crippen MR) is 59.8 cm³/mol. The minimum absolute atomic E-state index is 0.500. The zero-order valence-corrected chi connectivity index (χ0v) is 8.97. The molecule has 1 aliphatic heterocycles. The van der Waals surface area contributed by atoms with Gasteiger partial charge in [-0.25, -0.2) is 4.79 Å². The van der Waals surface area contributed by atoms with E-state index >= 15 is 0 Å². The van der Waals surface area contributed by atoms with Gasteiger partial charge in [-0.05, 0) is 24.1 Å². The molecule has 0 atom stereocenters. The fraction of sp³-hybridized carbons (Fsp3) is 0.333. The molecule has 0 unspecified atom stereocenters. The van der Waals surface area contributed by atoms with E-state index in [0.717, 1.165) is 19.5 Å². The van der Waals surface area contributed by atoms with Crippen molar-refractivity contribution < 1.29 is 9.90 Å². The van der Waals surface area contributed by atoms with E-state index in [9.17, 15) is 4.79 Å². The summed E-state index contributed by atoms with van der Waals surface area (Å²) in [7, 11) is 0. The maximum absolute atomic E-state index is 10.8. The van der Waals surface area contributed by atoms with E-state index in [1.807, 2.05) is 18.2 Å². The van der Waals surface area contributed by atoms with Gasteiger partial charge in [0.2, 0.25) is 0 Å². The second-order valence-electron chi connectivity index (χ2n) is 3.89. The van der Waals surface area contributed by atoms with E-state index < -0.39 is 5.97 Å². The van der Waals surface area contributed by atoms with Crippen molar-refractivity contribution in [3.8, 4) is 0 Å². The van der Waals surface area contributed by atoms with Gasteiger partial charge in [0.05, 0.1) is 0 Å². The molecule has 0 aromatic carbocycles. The average Bonchev–Trinajstić information content (AvgIpc) is 2.30. The summed E-state index contributed by atoms with van der Waals surface area (Å²) in [5.41, 5.74) is 1.67. The van der Waals surface area contributed by atoms with Crippen molar-refractivity contribution in [2.75, 3.05) is 13.1 Å². The summed E-state index contributed by atoms with van der Waals surface area (Å²) >= 11 is 0. The van der Waals surface area contributed by atoms with Crippen LogP contribution in [0.15, 0.2) is 36.2 Å². The molecule has 4 nitrogen and oxygen atoms in total. The summed E-state index contributed by atoms with van der Waals surface area (Å²) in [5.74, 6) is -0.806. The van der Waals surface area contributed by atoms with Crippen LogP contribution >= 0.6 is 0 Å². The largest absolute Gasteiger partial charge is 0.478 e. The van der Waals surface area contributed by atoms with Crippen LogP contribution in [0.25, 0.3) is 0 Å². The number of aliphatic carboxylic acids is 1. The number of pyridine rings is 1. The number of carboxylic acid groups (broad SMARTS) is 1. The first-order valence-electron chi connectivity index (χ1n) is 5.29. The van der Waals surface area contributed by atoms with Crippen LogP contribution in [0, 0.1) is 0 Å². The molecule has 2 rings (SSSR count). The molecule has 0 amide bonds. The highest BCUT2D eigenvalue weighted by atomic mass is 16.4. The maximum atomic E-state index is 10.8. The Balaban J connectivity index is 1.98. The van der Waals surface area contributed by atoms with E-state index in [-0.39, 0.29) is 0 Å². The Morgan fingerprint density at radius 2 is 2.19 bits per heavy atom. The minimum Gasteiger partial charge on any atom is -0.478 e. The van der Waals surface area contributed by atoms with E-state index in [1.165, 1.54) is 5.56 Å². The first-order valence-corrected chi connectivity index (χ1v) is 5.29. The topological polar surface area (TPSA) is 53.4 Å². The number of nitrogens with zero attached hydrogens (tertiary/aromatic N) is 2. The Morgan fingerprint density at radius 3 is 2.88 bits per heavy atom. The molecule has 0 fully saturated rings. The normalized spacial score (nSPS) is 16.9. The van der Waals surface area contributed by atoms with Crippen LogP contribution < -0.4 is 0 Å². The first kappa shape index (κ1) is 10.8. The van der Waals surface area contributed by atoms with Gasteiger partial charge in [-0.1, -0.05) is 6.08 Å². The summed E-state index contributed by atoms with van der Waals surface area (Å²) in [5, 5.41) is 8.92. The van der Waals surface area contributed by atoms with Crippen molar-refractivity contribution in [2.24, 2.45) is 0 Å². The molecule has 0 aliphatic carbocycles. The first-order chi connectivity index (χ1) is 7.75. The number of hydrogen-bond donors (Lipinski definition) is 1. The zero-order valence-electron chi connectivity index (χ0n) is 8.97. The molecule has 4 heteroatoms. The zero-order chi connectivity index (χ0) is 11.4. The maximum Gasteiger partial charge on any atom is 0.332 e. The molecule has 0 bridgehead atoms. The van der Waals surface area contributed by atoms with Crippen molar-refractivity contribution in [1.29, 1.82) is 0 Å². The highest BCUT2D eigenvalue weighted by Gasteiger charge is 2.17. The van der Waals surface area contributed by atoms with E-state index in [4.69, 9.17) is 5.11 Å². The lowest BCUT2D eigenvalue weighted by Crippen LogP contribution is -2.31.